The zero-order valence-corrected chi connectivity index (χ0v) is 6.13. The van der Waals surface area contributed by atoms with E-state index in [1.807, 2.05) is 0 Å². The Kier molecular flexibility index (Phi) is 4.36. The summed E-state index contributed by atoms with van der Waals surface area (Å²) in [6.07, 6.45) is -0.376. The molecular formula is C6H10FNO3. The van der Waals surface area contributed by atoms with Gasteiger partial charge in [-0.25, -0.2) is 4.39 Å². The van der Waals surface area contributed by atoms with Gasteiger partial charge in [0.1, 0.15) is 6.67 Å². The highest BCUT2D eigenvalue weighted by molar-refractivity contribution is 5.88. The molecule has 0 aliphatic heterocycles. The second-order valence-corrected chi connectivity index (χ2v) is 2.04. The first-order chi connectivity index (χ1) is 5.11. The highest BCUT2D eigenvalue weighted by Gasteiger charge is 2.18. The van der Waals surface area contributed by atoms with E-state index in [4.69, 9.17) is 5.11 Å². The molecule has 0 aliphatic carbocycles. The van der Waals surface area contributed by atoms with E-state index >= 15 is 0 Å². The van der Waals surface area contributed by atoms with Gasteiger partial charge in [0.15, 0.2) is 5.78 Å². The Morgan fingerprint density at radius 2 is 2.18 bits per heavy atom. The lowest BCUT2D eigenvalue weighted by Crippen LogP contribution is -2.37. The van der Waals surface area contributed by atoms with Gasteiger partial charge < -0.3 is 10.4 Å². The van der Waals surface area contributed by atoms with Crippen LogP contribution in [0.4, 0.5) is 4.39 Å². The number of hydrogen-bond acceptors (Lipinski definition) is 3. The molecule has 0 amide bonds. The maximum Gasteiger partial charge on any atom is 0.305 e. The van der Waals surface area contributed by atoms with Crippen molar-refractivity contribution in [1.82, 2.24) is 5.32 Å². The molecule has 0 fully saturated rings. The number of carbonyl (C=O) groups is 2. The molecule has 0 heterocycles. The number of ketones is 1. The first-order valence-electron chi connectivity index (χ1n) is 3.09. The molecule has 0 saturated carbocycles. The molecule has 11 heavy (non-hydrogen) atoms. The van der Waals surface area contributed by atoms with E-state index in [-0.39, 0.29) is 6.42 Å². The zero-order valence-electron chi connectivity index (χ0n) is 6.13. The largest absolute Gasteiger partial charge is 0.481 e. The third-order valence-corrected chi connectivity index (χ3v) is 1.25. The molecule has 1 unspecified atom stereocenters. The summed E-state index contributed by atoms with van der Waals surface area (Å²) < 4.78 is 11.7. The second-order valence-electron chi connectivity index (χ2n) is 2.04. The van der Waals surface area contributed by atoms with Crippen LogP contribution in [0.5, 0.6) is 0 Å². The van der Waals surface area contributed by atoms with Crippen LogP contribution in [0.15, 0.2) is 0 Å². The number of aliphatic carboxylic acids is 1. The number of halogens is 1. The Balaban J connectivity index is 3.94. The van der Waals surface area contributed by atoms with Gasteiger partial charge in [-0.3, -0.25) is 9.59 Å². The molecule has 0 aromatic carbocycles. The van der Waals surface area contributed by atoms with Crippen LogP contribution in [-0.4, -0.2) is 36.6 Å². The maximum atomic E-state index is 11.7. The fourth-order valence-corrected chi connectivity index (χ4v) is 0.645. The van der Waals surface area contributed by atoms with Crippen molar-refractivity contribution in [2.45, 2.75) is 12.5 Å². The molecule has 0 aliphatic rings. The van der Waals surface area contributed by atoms with E-state index in [9.17, 15) is 14.0 Å². The van der Waals surface area contributed by atoms with Gasteiger partial charge in [0.2, 0.25) is 0 Å². The van der Waals surface area contributed by atoms with Gasteiger partial charge in [-0.2, -0.15) is 0 Å². The Bertz CT molecular complexity index is 160. The molecule has 0 aromatic rings. The number of carboxylic acids is 1. The molecule has 0 spiro atoms. The minimum atomic E-state index is -1.13. The summed E-state index contributed by atoms with van der Waals surface area (Å²) in [7, 11) is 1.42. The fourth-order valence-electron chi connectivity index (χ4n) is 0.645. The Hall–Kier alpha value is -0.970. The highest BCUT2D eigenvalue weighted by atomic mass is 19.1. The van der Waals surface area contributed by atoms with E-state index in [0.717, 1.165) is 0 Å². The molecule has 0 rings (SSSR count). The minimum absolute atomic E-state index is 0.376. The van der Waals surface area contributed by atoms with Crippen LogP contribution in [0.2, 0.25) is 0 Å². The van der Waals surface area contributed by atoms with Crippen LogP contribution in [0.25, 0.3) is 0 Å². The molecule has 0 aromatic heterocycles. The van der Waals surface area contributed by atoms with Crippen molar-refractivity contribution in [1.29, 1.82) is 0 Å². The average molecular weight is 163 g/mol. The van der Waals surface area contributed by atoms with E-state index in [1.54, 1.807) is 0 Å². The topological polar surface area (TPSA) is 66.4 Å². The summed E-state index contributed by atoms with van der Waals surface area (Å²) in [6, 6.07) is -0.905. The molecule has 4 nitrogen and oxygen atoms in total. The molecular weight excluding hydrogens is 153 g/mol. The number of rotatable bonds is 5. The molecule has 0 bridgehead atoms. The SMILES string of the molecule is CNC(CC(=O)O)C(=O)CF. The van der Waals surface area contributed by atoms with E-state index in [1.165, 1.54) is 7.05 Å². The summed E-state index contributed by atoms with van der Waals surface area (Å²) in [5, 5.41) is 10.7. The zero-order chi connectivity index (χ0) is 8.85. The summed E-state index contributed by atoms with van der Waals surface area (Å²) in [5.74, 6) is -1.85. The van der Waals surface area contributed by atoms with Crippen molar-refractivity contribution < 1.29 is 19.1 Å². The summed E-state index contributed by atoms with van der Waals surface area (Å²) >= 11 is 0. The smallest absolute Gasteiger partial charge is 0.305 e. The quantitative estimate of drug-likeness (QED) is 0.578. The van der Waals surface area contributed by atoms with Crippen molar-refractivity contribution in [2.24, 2.45) is 0 Å². The number of alkyl halides is 1. The van der Waals surface area contributed by atoms with Crippen molar-refractivity contribution >= 4 is 11.8 Å². The number of likely N-dealkylation sites (N-methyl/N-ethyl adjacent to an activating group) is 1. The Morgan fingerprint density at radius 1 is 1.64 bits per heavy atom. The van der Waals surface area contributed by atoms with E-state index in [0.29, 0.717) is 0 Å². The van der Waals surface area contributed by atoms with Gasteiger partial charge in [-0.15, -0.1) is 0 Å². The predicted octanol–water partition coefficient (Wildman–Crippen LogP) is -0.412. The number of hydrogen-bond donors (Lipinski definition) is 2. The van der Waals surface area contributed by atoms with Gasteiger partial charge in [-0.1, -0.05) is 0 Å². The number of carboxylic acid groups (broad SMARTS) is 1. The monoisotopic (exact) mass is 163 g/mol. The van der Waals surface area contributed by atoms with Gasteiger partial charge in [0.05, 0.1) is 12.5 Å². The van der Waals surface area contributed by atoms with Crippen LogP contribution < -0.4 is 5.32 Å². The Morgan fingerprint density at radius 3 is 2.45 bits per heavy atom. The average Bonchev–Trinajstić information content (AvgIpc) is 1.98. The third-order valence-electron chi connectivity index (χ3n) is 1.25. The minimum Gasteiger partial charge on any atom is -0.481 e. The number of Topliss-reactive ketones (excluding diaryl/α,β-unsaturated/α-hetero) is 1. The van der Waals surface area contributed by atoms with Crippen LogP contribution in [0.3, 0.4) is 0 Å². The lowest BCUT2D eigenvalue weighted by molar-refractivity contribution is -0.139. The fraction of sp³-hybridized carbons (Fsp3) is 0.667. The highest BCUT2D eigenvalue weighted by Crippen LogP contribution is 1.93. The maximum absolute atomic E-state index is 11.7. The molecule has 0 radical (unpaired) electrons. The van der Waals surface area contributed by atoms with Crippen LogP contribution in [0.1, 0.15) is 6.42 Å². The first-order valence-corrected chi connectivity index (χ1v) is 3.09. The predicted molar refractivity (Wildman–Crippen MR) is 36.1 cm³/mol. The first kappa shape index (κ1) is 10.0. The molecule has 2 N–H and O–H groups in total. The van der Waals surface area contributed by atoms with Gasteiger partial charge in [0.25, 0.3) is 0 Å². The molecule has 64 valence electrons. The Labute approximate surface area is 63.4 Å². The third kappa shape index (κ3) is 3.67. The van der Waals surface area contributed by atoms with Crippen molar-refractivity contribution in [3.8, 4) is 0 Å². The van der Waals surface area contributed by atoms with Crippen LogP contribution in [-0.2, 0) is 9.59 Å². The molecule has 0 saturated heterocycles. The van der Waals surface area contributed by atoms with Gasteiger partial charge >= 0.3 is 5.97 Å². The van der Waals surface area contributed by atoms with Crippen molar-refractivity contribution in [3.05, 3.63) is 0 Å². The van der Waals surface area contributed by atoms with Gasteiger partial charge in [-0.05, 0) is 7.05 Å². The standard InChI is InChI=1S/C6H10FNO3/c1-8-4(2-6(10)11)5(9)3-7/h4,8H,2-3H2,1H3,(H,10,11). The summed E-state index contributed by atoms with van der Waals surface area (Å²) in [4.78, 5) is 20.7. The van der Waals surface area contributed by atoms with Crippen molar-refractivity contribution in [2.75, 3.05) is 13.7 Å². The van der Waals surface area contributed by atoms with E-state index in [2.05, 4.69) is 5.32 Å². The molecule has 1 atom stereocenters. The van der Waals surface area contributed by atoms with Crippen LogP contribution in [0, 0.1) is 0 Å². The van der Waals surface area contributed by atoms with Crippen LogP contribution >= 0.6 is 0 Å². The van der Waals surface area contributed by atoms with E-state index < -0.39 is 24.5 Å². The normalized spacial score (nSPS) is 12.5. The van der Waals surface area contributed by atoms with Gasteiger partial charge in [0, 0.05) is 0 Å². The van der Waals surface area contributed by atoms with Crippen molar-refractivity contribution in [3.63, 3.8) is 0 Å². The molecule has 5 heteroatoms. The summed E-state index contributed by atoms with van der Waals surface area (Å²) in [6.45, 7) is -1.13. The second kappa shape index (κ2) is 4.79. The summed E-state index contributed by atoms with van der Waals surface area (Å²) in [5.41, 5.74) is 0. The lowest BCUT2D eigenvalue weighted by atomic mass is 10.1. The number of nitrogens with one attached hydrogen (secondary N) is 1. The number of carbonyl (C=O) groups excluding carboxylic acids is 1. The lowest BCUT2D eigenvalue weighted by Gasteiger charge is -2.08.